The predicted octanol–water partition coefficient (Wildman–Crippen LogP) is 3.59. The second-order valence-electron chi connectivity index (χ2n) is 8.45. The second-order valence-corrected chi connectivity index (χ2v) is 10.3. The Balaban J connectivity index is 2.07. The maximum Gasteiger partial charge on any atom is 0.357 e. The van der Waals surface area contributed by atoms with Crippen molar-refractivity contribution in [2.24, 2.45) is 0 Å². The summed E-state index contributed by atoms with van der Waals surface area (Å²) < 4.78 is 32.3. The molecule has 2 rings (SSSR count). The topological polar surface area (TPSA) is 114 Å². The number of fused-ring (bicyclic) bond motifs is 1. The van der Waals surface area contributed by atoms with E-state index in [9.17, 15) is 4.57 Å². The van der Waals surface area contributed by atoms with Gasteiger partial charge in [-0.05, 0) is 48.5 Å². The minimum Gasteiger partial charge on any atom is -0.382 e. The molecule has 0 aliphatic rings. The summed E-state index contributed by atoms with van der Waals surface area (Å²) in [4.78, 5) is 12.4. The van der Waals surface area contributed by atoms with Gasteiger partial charge in [-0.25, -0.2) is 15.0 Å². The van der Waals surface area contributed by atoms with Gasteiger partial charge in [0, 0.05) is 0 Å². The van der Waals surface area contributed by atoms with Crippen LogP contribution in [0.2, 0.25) is 0 Å². The monoisotopic (exact) mass is 399 g/mol. The molecule has 0 saturated carbocycles. The first-order chi connectivity index (χ1) is 12.3. The highest BCUT2D eigenvalue weighted by molar-refractivity contribution is 7.53. The number of aromatic nitrogens is 4. The molecule has 27 heavy (non-hydrogen) atoms. The molecule has 0 bridgehead atoms. The SMILES string of the molecule is CC(Cn1cnc2c(N)ncnc21)OCP(=O)(OC(C)(C)C)OC(C)(C)C. The van der Waals surface area contributed by atoms with Crippen molar-refractivity contribution < 1.29 is 18.3 Å². The van der Waals surface area contributed by atoms with Crippen LogP contribution in [0.5, 0.6) is 0 Å². The maximum absolute atomic E-state index is 13.2. The number of ether oxygens (including phenoxy) is 1. The van der Waals surface area contributed by atoms with Gasteiger partial charge in [-0.2, -0.15) is 0 Å². The lowest BCUT2D eigenvalue weighted by Crippen LogP contribution is -2.26. The zero-order valence-corrected chi connectivity index (χ0v) is 18.0. The van der Waals surface area contributed by atoms with Crippen LogP contribution < -0.4 is 5.73 Å². The normalized spacial score (nSPS) is 14.6. The average Bonchev–Trinajstić information content (AvgIpc) is 2.86. The summed E-state index contributed by atoms with van der Waals surface area (Å²) in [6.07, 6.45) is 2.60. The van der Waals surface area contributed by atoms with Crippen molar-refractivity contribution in [1.82, 2.24) is 19.5 Å². The summed E-state index contributed by atoms with van der Waals surface area (Å²) in [6.45, 7) is 13.3. The highest BCUT2D eigenvalue weighted by atomic mass is 31.2. The van der Waals surface area contributed by atoms with Crippen LogP contribution in [0.1, 0.15) is 48.5 Å². The van der Waals surface area contributed by atoms with Gasteiger partial charge in [-0.1, -0.05) is 0 Å². The average molecular weight is 399 g/mol. The Morgan fingerprint density at radius 3 is 2.26 bits per heavy atom. The van der Waals surface area contributed by atoms with Gasteiger partial charge < -0.3 is 24.1 Å². The van der Waals surface area contributed by atoms with Crippen molar-refractivity contribution in [3.05, 3.63) is 12.7 Å². The van der Waals surface area contributed by atoms with E-state index in [1.165, 1.54) is 6.33 Å². The Hall–Kier alpha value is -1.54. The second kappa shape index (κ2) is 7.83. The summed E-state index contributed by atoms with van der Waals surface area (Å²) in [7, 11) is -3.45. The summed E-state index contributed by atoms with van der Waals surface area (Å²) in [6, 6.07) is 0. The maximum atomic E-state index is 13.2. The molecular weight excluding hydrogens is 369 g/mol. The van der Waals surface area contributed by atoms with Crippen LogP contribution in [-0.4, -0.2) is 43.2 Å². The molecule has 0 fully saturated rings. The highest BCUT2D eigenvalue weighted by Crippen LogP contribution is 2.54. The van der Waals surface area contributed by atoms with Gasteiger partial charge in [0.2, 0.25) is 0 Å². The van der Waals surface area contributed by atoms with E-state index in [2.05, 4.69) is 15.0 Å². The number of nitrogen functional groups attached to an aromatic ring is 1. The number of hydrogen-bond acceptors (Lipinski definition) is 8. The highest BCUT2D eigenvalue weighted by Gasteiger charge is 2.36. The number of rotatable bonds is 7. The smallest absolute Gasteiger partial charge is 0.357 e. The van der Waals surface area contributed by atoms with Gasteiger partial charge >= 0.3 is 7.60 Å². The van der Waals surface area contributed by atoms with Crippen LogP contribution in [0.3, 0.4) is 0 Å². The van der Waals surface area contributed by atoms with E-state index in [4.69, 9.17) is 19.5 Å². The Bertz CT molecular complexity index is 805. The number of anilines is 1. The van der Waals surface area contributed by atoms with Crippen molar-refractivity contribution in [2.45, 2.75) is 72.3 Å². The van der Waals surface area contributed by atoms with Gasteiger partial charge in [-0.15, -0.1) is 0 Å². The standard InChI is InChI=1S/C17H30N5O4P/c1-12(8-22-10-21-13-14(18)19-9-20-15(13)22)24-11-27(23,25-16(2,3)4)26-17(5,6)7/h9-10,12H,8,11H2,1-7H3,(H2,18,19,20). The molecule has 152 valence electrons. The van der Waals surface area contributed by atoms with Crippen molar-refractivity contribution >= 4 is 24.6 Å². The van der Waals surface area contributed by atoms with Crippen molar-refractivity contribution in [3.63, 3.8) is 0 Å². The van der Waals surface area contributed by atoms with E-state index in [1.54, 1.807) is 6.33 Å². The first-order valence-corrected chi connectivity index (χ1v) is 10.5. The molecule has 10 heteroatoms. The molecule has 2 N–H and O–H groups in total. The molecule has 1 unspecified atom stereocenters. The zero-order valence-electron chi connectivity index (χ0n) is 17.1. The molecule has 0 amide bonds. The molecule has 0 spiro atoms. The molecule has 1 atom stereocenters. The third kappa shape index (κ3) is 6.53. The number of nitrogens with two attached hydrogens (primary N) is 1. The zero-order chi connectivity index (χ0) is 20.5. The fraction of sp³-hybridized carbons (Fsp3) is 0.706. The Kier molecular flexibility index (Phi) is 6.31. The number of nitrogens with zero attached hydrogens (tertiary/aromatic N) is 4. The quantitative estimate of drug-likeness (QED) is 0.703. The van der Waals surface area contributed by atoms with Crippen LogP contribution in [0.15, 0.2) is 12.7 Å². The van der Waals surface area contributed by atoms with E-state index in [0.717, 1.165) is 0 Å². The minimum absolute atomic E-state index is 0.146. The largest absolute Gasteiger partial charge is 0.382 e. The number of hydrogen-bond donors (Lipinski definition) is 1. The number of imidazole rings is 1. The van der Waals surface area contributed by atoms with Gasteiger partial charge in [0.25, 0.3) is 0 Å². The van der Waals surface area contributed by atoms with Gasteiger partial charge in [0.15, 0.2) is 11.5 Å². The molecule has 0 saturated heterocycles. The Morgan fingerprint density at radius 2 is 1.70 bits per heavy atom. The molecule has 9 nitrogen and oxygen atoms in total. The van der Waals surface area contributed by atoms with Crippen LogP contribution in [0.25, 0.3) is 11.2 Å². The van der Waals surface area contributed by atoms with Crippen molar-refractivity contribution in [1.29, 1.82) is 0 Å². The minimum atomic E-state index is -3.45. The van der Waals surface area contributed by atoms with Gasteiger partial charge in [0.05, 0.1) is 30.2 Å². The van der Waals surface area contributed by atoms with E-state index < -0.39 is 18.8 Å². The predicted molar refractivity (Wildman–Crippen MR) is 104 cm³/mol. The third-order valence-electron chi connectivity index (χ3n) is 3.23. The first kappa shape index (κ1) is 21.8. The van der Waals surface area contributed by atoms with Crippen LogP contribution in [0, 0.1) is 0 Å². The van der Waals surface area contributed by atoms with Crippen molar-refractivity contribution in [2.75, 3.05) is 12.1 Å². The molecule has 0 aliphatic carbocycles. The molecule has 2 heterocycles. The van der Waals surface area contributed by atoms with Gasteiger partial charge in [0.1, 0.15) is 18.2 Å². The molecule has 2 aromatic heterocycles. The molecule has 0 radical (unpaired) electrons. The fourth-order valence-electron chi connectivity index (χ4n) is 2.49. The van der Waals surface area contributed by atoms with Gasteiger partial charge in [-0.3, -0.25) is 4.57 Å². The van der Waals surface area contributed by atoms with E-state index in [-0.39, 0.29) is 12.5 Å². The molecule has 2 aromatic rings. The van der Waals surface area contributed by atoms with Crippen molar-refractivity contribution in [3.8, 4) is 0 Å². The fourth-order valence-corrected chi connectivity index (χ4v) is 4.74. The summed E-state index contributed by atoms with van der Waals surface area (Å²) in [5.41, 5.74) is 5.73. The van der Waals surface area contributed by atoms with E-state index in [0.29, 0.717) is 23.5 Å². The molecular formula is C17H30N5O4P. The van der Waals surface area contributed by atoms with E-state index in [1.807, 2.05) is 53.0 Å². The van der Waals surface area contributed by atoms with Crippen LogP contribution in [-0.2, 0) is 24.9 Å². The molecule has 0 aliphatic heterocycles. The summed E-state index contributed by atoms with van der Waals surface area (Å²) >= 11 is 0. The Morgan fingerprint density at radius 1 is 1.11 bits per heavy atom. The summed E-state index contributed by atoms with van der Waals surface area (Å²) in [5.74, 6) is 0.328. The molecule has 0 aromatic carbocycles. The Labute approximate surface area is 160 Å². The van der Waals surface area contributed by atoms with E-state index >= 15 is 0 Å². The van der Waals surface area contributed by atoms with Crippen LogP contribution in [0.4, 0.5) is 5.82 Å². The lowest BCUT2D eigenvalue weighted by atomic mass is 10.2. The lowest BCUT2D eigenvalue weighted by molar-refractivity contribution is 0.0160. The summed E-state index contributed by atoms with van der Waals surface area (Å²) in [5, 5.41) is 0. The lowest BCUT2D eigenvalue weighted by Gasteiger charge is -2.32. The first-order valence-electron chi connectivity index (χ1n) is 8.81. The third-order valence-corrected chi connectivity index (χ3v) is 5.34. The van der Waals surface area contributed by atoms with Crippen LogP contribution >= 0.6 is 7.60 Å².